The summed E-state index contributed by atoms with van der Waals surface area (Å²) in [7, 11) is 5.88. The summed E-state index contributed by atoms with van der Waals surface area (Å²) in [5, 5.41) is 11.7. The number of esters is 2. The molecular formula is C62H103NO8. The van der Waals surface area contributed by atoms with Crippen LogP contribution in [0, 0.1) is 0 Å². The zero-order chi connectivity index (χ0) is 52.0. The van der Waals surface area contributed by atoms with Crippen molar-refractivity contribution in [2.24, 2.45) is 0 Å². The lowest BCUT2D eigenvalue weighted by molar-refractivity contribution is -0.870. The molecule has 0 radical (unpaired) electrons. The molecule has 9 nitrogen and oxygen atoms in total. The molecule has 71 heavy (non-hydrogen) atoms. The second-order valence-corrected chi connectivity index (χ2v) is 19.5. The van der Waals surface area contributed by atoms with Crippen molar-refractivity contribution in [3.8, 4) is 0 Å². The van der Waals surface area contributed by atoms with Crippen molar-refractivity contribution < 1.29 is 42.9 Å². The number of allylic oxidation sites excluding steroid dienone is 17. The molecular weight excluding hydrogens is 887 g/mol. The monoisotopic (exact) mass is 990 g/mol. The highest BCUT2D eigenvalue weighted by molar-refractivity contribution is 5.71. The number of ether oxygens (including phenoxy) is 4. The van der Waals surface area contributed by atoms with Crippen LogP contribution < -0.4 is 5.11 Å². The Morgan fingerprint density at radius 3 is 1.20 bits per heavy atom. The van der Waals surface area contributed by atoms with Gasteiger partial charge in [0, 0.05) is 6.42 Å². The van der Waals surface area contributed by atoms with E-state index < -0.39 is 24.3 Å². The summed E-state index contributed by atoms with van der Waals surface area (Å²) in [5.74, 6) is -2.46. The van der Waals surface area contributed by atoms with Crippen LogP contribution in [-0.4, -0.2) is 82.3 Å². The molecule has 0 aromatic carbocycles. The fraction of sp³-hybridized carbons (Fsp3) is 0.661. The number of unbranched alkanes of at least 4 members (excludes halogenated alkanes) is 18. The van der Waals surface area contributed by atoms with E-state index in [-0.39, 0.29) is 38.6 Å². The zero-order valence-electron chi connectivity index (χ0n) is 45.8. The van der Waals surface area contributed by atoms with E-state index in [9.17, 15) is 19.5 Å². The van der Waals surface area contributed by atoms with Crippen LogP contribution in [0.2, 0.25) is 0 Å². The molecule has 0 N–H and O–H groups in total. The van der Waals surface area contributed by atoms with Crippen LogP contribution in [0.4, 0.5) is 0 Å². The maximum absolute atomic E-state index is 12.7. The van der Waals surface area contributed by atoms with E-state index in [0.717, 1.165) is 70.6 Å². The van der Waals surface area contributed by atoms with Crippen molar-refractivity contribution >= 4 is 17.9 Å². The summed E-state index contributed by atoms with van der Waals surface area (Å²) in [6, 6.07) is 0. The van der Waals surface area contributed by atoms with Gasteiger partial charge in [-0.25, -0.2) is 0 Å². The normalized spacial score (nSPS) is 13.6. The molecule has 0 spiro atoms. The van der Waals surface area contributed by atoms with Crippen LogP contribution >= 0.6 is 0 Å². The van der Waals surface area contributed by atoms with E-state index >= 15 is 0 Å². The maximum atomic E-state index is 12.7. The molecule has 0 saturated heterocycles. The van der Waals surface area contributed by atoms with Gasteiger partial charge in [-0.2, -0.15) is 0 Å². The summed E-state index contributed by atoms with van der Waals surface area (Å²) in [6.07, 6.45) is 69.0. The third-order valence-corrected chi connectivity index (χ3v) is 11.5. The lowest BCUT2D eigenvalue weighted by atomic mass is 10.0. The van der Waals surface area contributed by atoms with Gasteiger partial charge >= 0.3 is 11.9 Å². The standard InChI is InChI=1S/C62H103NO8/c1-6-8-10-12-14-16-18-20-22-23-24-25-26-27-28-29-30-31-32-33-34-35-36-37-39-40-42-44-46-48-50-52-59(64)69-56-58(57-70-62(61(66)67)68-55-54-63(3,4)5)71-60(65)53-51-49-47-45-43-41-38-21-19-17-15-13-11-9-7-2/h8-11,14-17,20-22,24-25,38,43,45,49,51,58,62H,6-7,12-13,18-19,23,26-37,39-42,44,46-48,50,52-57H2,1-5H3/b10-8-,11-9-,16-14-,17-15-,22-20-,25-24-,38-21-,45-43-,51-49-. The van der Waals surface area contributed by atoms with Gasteiger partial charge in [0.2, 0.25) is 0 Å². The smallest absolute Gasteiger partial charge is 0.310 e. The first-order valence-corrected chi connectivity index (χ1v) is 28.0. The average molecular weight is 991 g/mol. The molecule has 0 rings (SSSR count). The Bertz CT molecular complexity index is 1530. The number of aliphatic carboxylic acids is 1. The Labute approximate surface area is 434 Å². The maximum Gasteiger partial charge on any atom is 0.310 e. The summed E-state index contributed by atoms with van der Waals surface area (Å²) < 4.78 is 22.5. The molecule has 0 amide bonds. The number of carbonyl (C=O) groups excluding carboxylic acids is 3. The van der Waals surface area contributed by atoms with Gasteiger partial charge in [-0.3, -0.25) is 9.59 Å². The van der Waals surface area contributed by atoms with Gasteiger partial charge in [0.05, 0.1) is 46.7 Å². The van der Waals surface area contributed by atoms with Crippen LogP contribution in [0.3, 0.4) is 0 Å². The van der Waals surface area contributed by atoms with E-state index in [0.29, 0.717) is 17.4 Å². The highest BCUT2D eigenvalue weighted by Gasteiger charge is 2.21. The number of likely N-dealkylation sites (N-methyl/N-ethyl adjacent to an activating group) is 1. The van der Waals surface area contributed by atoms with Gasteiger partial charge in [0.15, 0.2) is 12.4 Å². The summed E-state index contributed by atoms with van der Waals surface area (Å²) in [4.78, 5) is 37.1. The van der Waals surface area contributed by atoms with E-state index in [2.05, 4.69) is 105 Å². The predicted octanol–water partition coefficient (Wildman–Crippen LogP) is 15.0. The predicted molar refractivity (Wildman–Crippen MR) is 297 cm³/mol. The highest BCUT2D eigenvalue weighted by Crippen LogP contribution is 2.16. The van der Waals surface area contributed by atoms with Gasteiger partial charge in [-0.15, -0.1) is 0 Å². The molecule has 0 fully saturated rings. The molecule has 404 valence electrons. The molecule has 0 aromatic heterocycles. The molecule has 9 heteroatoms. The number of nitrogens with zero attached hydrogens (tertiary/aromatic N) is 1. The number of carboxylic acid groups (broad SMARTS) is 1. The summed E-state index contributed by atoms with van der Waals surface area (Å²) in [5.41, 5.74) is 0. The minimum absolute atomic E-state index is 0.0117. The molecule has 0 aromatic rings. The van der Waals surface area contributed by atoms with E-state index in [1.807, 2.05) is 33.3 Å². The van der Waals surface area contributed by atoms with Crippen molar-refractivity contribution in [3.63, 3.8) is 0 Å². The molecule has 0 heterocycles. The molecule has 0 aliphatic carbocycles. The lowest BCUT2D eigenvalue weighted by Crippen LogP contribution is -2.44. The van der Waals surface area contributed by atoms with E-state index in [4.69, 9.17) is 18.9 Å². The molecule has 2 atom stereocenters. The van der Waals surface area contributed by atoms with Crippen LogP contribution in [-0.2, 0) is 33.3 Å². The fourth-order valence-electron chi connectivity index (χ4n) is 7.31. The molecule has 0 bridgehead atoms. The van der Waals surface area contributed by atoms with Gasteiger partial charge in [0.25, 0.3) is 0 Å². The number of hydrogen-bond donors (Lipinski definition) is 0. The van der Waals surface area contributed by atoms with Gasteiger partial charge in [-0.05, 0) is 77.0 Å². The quantitative estimate of drug-likeness (QED) is 0.0195. The second-order valence-electron chi connectivity index (χ2n) is 19.5. The topological polar surface area (TPSA) is 111 Å². The number of quaternary nitrogens is 1. The fourth-order valence-corrected chi connectivity index (χ4v) is 7.31. The van der Waals surface area contributed by atoms with Crippen molar-refractivity contribution in [3.05, 3.63) is 109 Å². The molecule has 0 aliphatic heterocycles. The van der Waals surface area contributed by atoms with Gasteiger partial charge < -0.3 is 33.3 Å². The third-order valence-electron chi connectivity index (χ3n) is 11.5. The van der Waals surface area contributed by atoms with Crippen molar-refractivity contribution in [1.29, 1.82) is 0 Å². The second kappa shape index (κ2) is 52.3. The first kappa shape index (κ1) is 67.0. The first-order valence-electron chi connectivity index (χ1n) is 28.0. The minimum atomic E-state index is -1.65. The largest absolute Gasteiger partial charge is 0.545 e. The average Bonchev–Trinajstić information content (AvgIpc) is 3.34. The van der Waals surface area contributed by atoms with E-state index in [1.165, 1.54) is 103 Å². The molecule has 0 saturated carbocycles. The summed E-state index contributed by atoms with van der Waals surface area (Å²) in [6.45, 7) is 4.40. The highest BCUT2D eigenvalue weighted by atomic mass is 16.7. The van der Waals surface area contributed by atoms with Crippen molar-refractivity contribution in [2.45, 2.75) is 219 Å². The van der Waals surface area contributed by atoms with Gasteiger partial charge in [0.1, 0.15) is 13.2 Å². The Balaban J connectivity index is 4.20. The first-order chi connectivity index (χ1) is 34.6. The van der Waals surface area contributed by atoms with Gasteiger partial charge in [-0.1, -0.05) is 226 Å². The molecule has 0 aliphatic rings. The summed E-state index contributed by atoms with van der Waals surface area (Å²) >= 11 is 0. The number of carboxylic acids is 1. The van der Waals surface area contributed by atoms with Crippen LogP contribution in [0.15, 0.2) is 109 Å². The number of carbonyl (C=O) groups is 3. The zero-order valence-corrected chi connectivity index (χ0v) is 45.8. The third kappa shape index (κ3) is 53.6. The Kier molecular flexibility index (Phi) is 49.3. The Hall–Kier alpha value is -4.05. The number of hydrogen-bond acceptors (Lipinski definition) is 8. The van der Waals surface area contributed by atoms with Crippen LogP contribution in [0.25, 0.3) is 0 Å². The molecule has 2 unspecified atom stereocenters. The Morgan fingerprint density at radius 2 is 0.803 bits per heavy atom. The minimum Gasteiger partial charge on any atom is -0.545 e. The lowest BCUT2D eigenvalue weighted by Gasteiger charge is -2.26. The van der Waals surface area contributed by atoms with E-state index in [1.54, 1.807) is 6.08 Å². The van der Waals surface area contributed by atoms with Crippen LogP contribution in [0.1, 0.15) is 206 Å². The number of rotatable bonds is 50. The van der Waals surface area contributed by atoms with Crippen molar-refractivity contribution in [1.82, 2.24) is 0 Å². The Morgan fingerprint density at radius 1 is 0.437 bits per heavy atom. The van der Waals surface area contributed by atoms with Crippen molar-refractivity contribution in [2.75, 3.05) is 47.5 Å². The van der Waals surface area contributed by atoms with Crippen LogP contribution in [0.5, 0.6) is 0 Å². The SMILES string of the molecule is CC/C=C\C/C=C\C/C=C\C/C=C\C/C=C\CC(=O)OC(COC(=O)CCCCCCCCCCCCCCCCCCCC/C=C\C/C=C\C/C=C\C/C=C\CC)COC(OCC[N+](C)(C)C)C(=O)[O-].